The number of nitrogens with zero attached hydrogens (tertiary/aromatic N) is 1. The summed E-state index contributed by atoms with van der Waals surface area (Å²) in [6, 6.07) is 7.24. The minimum Gasteiger partial charge on any atom is -0.345 e. The highest BCUT2D eigenvalue weighted by molar-refractivity contribution is 7.92. The Labute approximate surface area is 118 Å². The molecular formula is C13H9F2N3O2S. The van der Waals surface area contributed by atoms with Crippen LogP contribution in [0.2, 0.25) is 0 Å². The van der Waals surface area contributed by atoms with Crippen LogP contribution >= 0.6 is 0 Å². The van der Waals surface area contributed by atoms with Gasteiger partial charge in [-0.2, -0.15) is 0 Å². The van der Waals surface area contributed by atoms with Gasteiger partial charge in [0.15, 0.2) is 0 Å². The second-order valence-corrected chi connectivity index (χ2v) is 5.97. The van der Waals surface area contributed by atoms with Gasteiger partial charge in [0.1, 0.15) is 17.3 Å². The zero-order valence-electron chi connectivity index (χ0n) is 10.5. The Balaban J connectivity index is 2.04. The Bertz CT molecular complexity index is 902. The third kappa shape index (κ3) is 2.45. The van der Waals surface area contributed by atoms with Crippen LogP contribution in [-0.2, 0) is 10.0 Å². The molecule has 108 valence electrons. The molecule has 0 aliphatic heterocycles. The molecule has 0 radical (unpaired) electrons. The highest BCUT2D eigenvalue weighted by Gasteiger charge is 2.19. The van der Waals surface area contributed by atoms with E-state index in [2.05, 4.69) is 9.97 Å². The van der Waals surface area contributed by atoms with Crippen molar-refractivity contribution in [2.24, 2.45) is 0 Å². The lowest BCUT2D eigenvalue weighted by Crippen LogP contribution is -2.15. The Morgan fingerprint density at radius 1 is 1.10 bits per heavy atom. The summed E-state index contributed by atoms with van der Waals surface area (Å²) in [5, 5.41) is 0. The molecule has 1 aromatic heterocycles. The van der Waals surface area contributed by atoms with E-state index >= 15 is 0 Å². The lowest BCUT2D eigenvalue weighted by molar-refractivity contribution is 0.583. The third-order valence-electron chi connectivity index (χ3n) is 2.90. The summed E-state index contributed by atoms with van der Waals surface area (Å²) in [7, 11) is -4.11. The van der Waals surface area contributed by atoms with E-state index in [1.54, 1.807) is 0 Å². The summed E-state index contributed by atoms with van der Waals surface area (Å²) >= 11 is 0. The molecule has 0 atom stereocenters. The van der Waals surface area contributed by atoms with Crippen LogP contribution < -0.4 is 4.72 Å². The number of para-hydroxylation sites is 1. The second kappa shape index (κ2) is 4.81. The van der Waals surface area contributed by atoms with Gasteiger partial charge >= 0.3 is 0 Å². The van der Waals surface area contributed by atoms with Crippen LogP contribution in [0.1, 0.15) is 0 Å². The molecule has 0 aliphatic carbocycles. The number of H-pyrrole nitrogens is 1. The molecule has 0 unspecified atom stereocenters. The van der Waals surface area contributed by atoms with Gasteiger partial charge in [-0.05, 0) is 30.3 Å². The number of nitrogens with one attached hydrogen (secondary N) is 2. The molecule has 0 spiro atoms. The lowest BCUT2D eigenvalue weighted by atomic mass is 10.3. The fourth-order valence-corrected chi connectivity index (χ4v) is 2.97. The zero-order valence-corrected chi connectivity index (χ0v) is 11.3. The molecule has 1 heterocycles. The van der Waals surface area contributed by atoms with E-state index < -0.39 is 27.3 Å². The van der Waals surface area contributed by atoms with E-state index in [1.165, 1.54) is 24.5 Å². The average molecular weight is 309 g/mol. The largest absolute Gasteiger partial charge is 0.345 e. The first kappa shape index (κ1) is 13.5. The molecule has 0 bridgehead atoms. The van der Waals surface area contributed by atoms with E-state index in [0.29, 0.717) is 11.0 Å². The van der Waals surface area contributed by atoms with Gasteiger partial charge in [-0.25, -0.2) is 22.2 Å². The predicted octanol–water partition coefficient (Wildman–Crippen LogP) is 2.64. The number of benzene rings is 2. The van der Waals surface area contributed by atoms with Crippen LogP contribution in [0.5, 0.6) is 0 Å². The summed E-state index contributed by atoms with van der Waals surface area (Å²) in [6.07, 6.45) is 1.42. The van der Waals surface area contributed by atoms with Crippen LogP contribution in [-0.4, -0.2) is 18.4 Å². The molecule has 3 rings (SSSR count). The van der Waals surface area contributed by atoms with Crippen molar-refractivity contribution in [2.45, 2.75) is 4.90 Å². The fourth-order valence-electron chi connectivity index (χ4n) is 1.87. The Morgan fingerprint density at radius 2 is 1.81 bits per heavy atom. The Morgan fingerprint density at radius 3 is 2.52 bits per heavy atom. The summed E-state index contributed by atoms with van der Waals surface area (Å²) in [6.45, 7) is 0. The van der Waals surface area contributed by atoms with Crippen molar-refractivity contribution in [3.05, 3.63) is 54.4 Å². The second-order valence-electron chi connectivity index (χ2n) is 4.28. The smallest absolute Gasteiger partial charge is 0.262 e. The molecule has 2 N–H and O–H groups in total. The molecule has 8 heteroatoms. The quantitative estimate of drug-likeness (QED) is 0.781. The summed E-state index contributed by atoms with van der Waals surface area (Å²) in [5.74, 6) is -1.97. The number of rotatable bonds is 3. The van der Waals surface area contributed by atoms with Crippen LogP contribution in [0.25, 0.3) is 11.0 Å². The minimum atomic E-state index is -4.11. The van der Waals surface area contributed by atoms with E-state index in [4.69, 9.17) is 0 Å². The molecule has 3 aromatic rings. The average Bonchev–Trinajstić information content (AvgIpc) is 2.90. The molecule has 5 nitrogen and oxygen atoms in total. The zero-order chi connectivity index (χ0) is 15.0. The van der Waals surface area contributed by atoms with E-state index in [-0.39, 0.29) is 4.90 Å². The normalized spacial score (nSPS) is 11.7. The predicted molar refractivity (Wildman–Crippen MR) is 73.3 cm³/mol. The third-order valence-corrected chi connectivity index (χ3v) is 4.25. The lowest BCUT2D eigenvalue weighted by Gasteiger charge is -2.09. The maximum absolute atomic E-state index is 13.5. The standard InChI is InChI=1S/C13H9F2N3O2S/c14-9-2-1-3-10(15)13(9)18-21(19,20)8-4-5-11-12(6-8)17-7-16-11/h1-7,18H,(H,16,17). The summed E-state index contributed by atoms with van der Waals surface area (Å²) in [5.41, 5.74) is 0.389. The first-order valence-corrected chi connectivity index (χ1v) is 7.36. The molecule has 0 aliphatic rings. The number of aromatic amines is 1. The maximum atomic E-state index is 13.5. The van der Waals surface area contributed by atoms with E-state index in [9.17, 15) is 17.2 Å². The van der Waals surface area contributed by atoms with E-state index in [1.807, 2.05) is 4.72 Å². The van der Waals surface area contributed by atoms with Crippen molar-refractivity contribution in [3.8, 4) is 0 Å². The number of hydrogen-bond donors (Lipinski definition) is 2. The topological polar surface area (TPSA) is 74.8 Å². The molecule has 0 saturated heterocycles. The first-order valence-electron chi connectivity index (χ1n) is 5.87. The van der Waals surface area contributed by atoms with Crippen molar-refractivity contribution in [1.29, 1.82) is 0 Å². The maximum Gasteiger partial charge on any atom is 0.262 e. The van der Waals surface area contributed by atoms with Crippen LogP contribution in [0.15, 0.2) is 47.6 Å². The number of aromatic nitrogens is 2. The van der Waals surface area contributed by atoms with Crippen LogP contribution in [0, 0.1) is 11.6 Å². The van der Waals surface area contributed by atoms with Crippen molar-refractivity contribution in [1.82, 2.24) is 9.97 Å². The highest BCUT2D eigenvalue weighted by Crippen LogP contribution is 2.23. The minimum absolute atomic E-state index is 0.123. The van der Waals surface area contributed by atoms with Crippen LogP contribution in [0.3, 0.4) is 0 Å². The fraction of sp³-hybridized carbons (Fsp3) is 0. The van der Waals surface area contributed by atoms with Gasteiger partial charge in [0.2, 0.25) is 0 Å². The Hall–Kier alpha value is -2.48. The number of hydrogen-bond acceptors (Lipinski definition) is 3. The summed E-state index contributed by atoms with van der Waals surface area (Å²) in [4.78, 5) is 6.61. The first-order chi connectivity index (χ1) is 9.97. The van der Waals surface area contributed by atoms with Gasteiger partial charge in [0.25, 0.3) is 10.0 Å². The van der Waals surface area contributed by atoms with E-state index in [0.717, 1.165) is 18.2 Å². The Kier molecular flexibility index (Phi) is 3.09. The molecule has 0 fully saturated rings. The monoisotopic (exact) mass is 309 g/mol. The molecule has 2 aromatic carbocycles. The van der Waals surface area contributed by atoms with Gasteiger partial charge in [-0.15, -0.1) is 0 Å². The number of halogens is 2. The number of anilines is 1. The van der Waals surface area contributed by atoms with Crippen LogP contribution in [0.4, 0.5) is 14.5 Å². The van der Waals surface area contributed by atoms with Gasteiger partial charge in [0, 0.05) is 0 Å². The number of fused-ring (bicyclic) bond motifs is 1. The molecule has 21 heavy (non-hydrogen) atoms. The van der Waals surface area contributed by atoms with Crippen molar-refractivity contribution < 1.29 is 17.2 Å². The van der Waals surface area contributed by atoms with Crippen molar-refractivity contribution in [2.75, 3.05) is 4.72 Å². The summed E-state index contributed by atoms with van der Waals surface area (Å²) < 4.78 is 53.3. The molecule has 0 saturated carbocycles. The number of sulfonamides is 1. The molecule has 0 amide bonds. The van der Waals surface area contributed by atoms with Gasteiger partial charge in [-0.3, -0.25) is 4.72 Å². The van der Waals surface area contributed by atoms with Gasteiger partial charge in [-0.1, -0.05) is 6.07 Å². The SMILES string of the molecule is O=S(=O)(Nc1c(F)cccc1F)c1ccc2nc[nH]c2c1. The van der Waals surface area contributed by atoms with Crippen molar-refractivity contribution >= 4 is 26.7 Å². The van der Waals surface area contributed by atoms with Crippen molar-refractivity contribution in [3.63, 3.8) is 0 Å². The number of imidazole rings is 1. The van der Waals surface area contributed by atoms with Gasteiger partial charge < -0.3 is 4.98 Å². The molecular weight excluding hydrogens is 300 g/mol. The van der Waals surface area contributed by atoms with Gasteiger partial charge in [0.05, 0.1) is 22.3 Å². The highest BCUT2D eigenvalue weighted by atomic mass is 32.2.